The lowest BCUT2D eigenvalue weighted by molar-refractivity contribution is 0.306. The highest BCUT2D eigenvalue weighted by Crippen LogP contribution is 2.15. The first-order valence-corrected chi connectivity index (χ1v) is 7.76. The number of hydrogen-bond donors (Lipinski definition) is 1. The summed E-state index contributed by atoms with van der Waals surface area (Å²) < 4.78 is 5.86. The van der Waals surface area contributed by atoms with E-state index in [0.717, 1.165) is 24.5 Å². The highest BCUT2D eigenvalue weighted by Gasteiger charge is 1.99. The lowest BCUT2D eigenvalue weighted by atomic mass is 10.2. The van der Waals surface area contributed by atoms with Gasteiger partial charge in [-0.1, -0.05) is 48.5 Å². The van der Waals surface area contributed by atoms with E-state index in [1.54, 1.807) is 0 Å². The minimum absolute atomic E-state index is 0. The minimum atomic E-state index is 0. The number of pyridine rings is 1. The van der Waals surface area contributed by atoms with E-state index >= 15 is 0 Å². The molecule has 0 saturated heterocycles. The van der Waals surface area contributed by atoms with E-state index < -0.39 is 0 Å². The smallest absolute Gasteiger partial charge is 0.120 e. The number of halogens is 1. The zero-order chi connectivity index (χ0) is 15.7. The molecule has 0 aliphatic heterocycles. The molecule has 3 aromatic rings. The van der Waals surface area contributed by atoms with E-state index in [1.807, 2.05) is 54.7 Å². The van der Waals surface area contributed by atoms with Gasteiger partial charge in [-0.05, 0) is 35.4 Å². The van der Waals surface area contributed by atoms with Crippen LogP contribution in [-0.2, 0) is 19.7 Å². The van der Waals surface area contributed by atoms with Crippen molar-refractivity contribution in [1.82, 2.24) is 10.3 Å². The lowest BCUT2D eigenvalue weighted by Gasteiger charge is -2.09. The van der Waals surface area contributed by atoms with Crippen LogP contribution in [0, 0.1) is 0 Å². The first-order chi connectivity index (χ1) is 11.4. The Balaban J connectivity index is 0.00000208. The first kappa shape index (κ1) is 18.0. The second-order valence-electron chi connectivity index (χ2n) is 5.35. The average Bonchev–Trinajstić information content (AvgIpc) is 2.62. The fourth-order valence-electron chi connectivity index (χ4n) is 2.32. The molecule has 0 atom stereocenters. The highest BCUT2D eigenvalue weighted by atomic mass is 35.5. The molecule has 0 aliphatic rings. The SMILES string of the molecule is Cl.c1ccc(COc2cccc(CNCc3ccccn3)c2)cc1. The third kappa shape index (κ3) is 5.69. The summed E-state index contributed by atoms with van der Waals surface area (Å²) in [6.07, 6.45) is 1.81. The summed E-state index contributed by atoms with van der Waals surface area (Å²) in [4.78, 5) is 4.30. The molecule has 0 spiro atoms. The number of hydrogen-bond acceptors (Lipinski definition) is 3. The molecule has 0 radical (unpaired) electrons. The van der Waals surface area contributed by atoms with Crippen LogP contribution in [0.3, 0.4) is 0 Å². The predicted octanol–water partition coefficient (Wildman–Crippen LogP) is 4.37. The maximum absolute atomic E-state index is 5.86. The third-order valence-electron chi connectivity index (χ3n) is 3.51. The molecule has 0 saturated carbocycles. The fraction of sp³-hybridized carbons (Fsp3) is 0.150. The summed E-state index contributed by atoms with van der Waals surface area (Å²) in [6.45, 7) is 2.14. The summed E-state index contributed by atoms with van der Waals surface area (Å²) >= 11 is 0. The Morgan fingerprint density at radius 3 is 2.38 bits per heavy atom. The van der Waals surface area contributed by atoms with Gasteiger partial charge in [0.15, 0.2) is 0 Å². The average molecular weight is 341 g/mol. The largest absolute Gasteiger partial charge is 0.489 e. The molecule has 1 heterocycles. The fourth-order valence-corrected chi connectivity index (χ4v) is 2.32. The van der Waals surface area contributed by atoms with Gasteiger partial charge in [-0.2, -0.15) is 0 Å². The van der Waals surface area contributed by atoms with Crippen molar-refractivity contribution >= 4 is 12.4 Å². The Morgan fingerprint density at radius 1 is 0.792 bits per heavy atom. The Kier molecular flexibility index (Phi) is 7.27. The van der Waals surface area contributed by atoms with E-state index in [1.165, 1.54) is 11.1 Å². The number of nitrogens with zero attached hydrogens (tertiary/aromatic N) is 1. The van der Waals surface area contributed by atoms with Crippen LogP contribution in [0.5, 0.6) is 5.75 Å². The second kappa shape index (κ2) is 9.71. The van der Waals surface area contributed by atoms with Crippen molar-refractivity contribution in [2.24, 2.45) is 0 Å². The van der Waals surface area contributed by atoms with Gasteiger partial charge < -0.3 is 10.1 Å². The van der Waals surface area contributed by atoms with Crippen molar-refractivity contribution in [3.05, 3.63) is 95.8 Å². The van der Waals surface area contributed by atoms with Gasteiger partial charge in [-0.3, -0.25) is 4.98 Å². The van der Waals surface area contributed by atoms with Crippen LogP contribution in [0.15, 0.2) is 79.0 Å². The van der Waals surface area contributed by atoms with E-state index in [-0.39, 0.29) is 12.4 Å². The normalized spacial score (nSPS) is 10.0. The zero-order valence-electron chi connectivity index (χ0n) is 13.4. The van der Waals surface area contributed by atoms with Crippen LogP contribution >= 0.6 is 12.4 Å². The Morgan fingerprint density at radius 2 is 1.58 bits per heavy atom. The maximum Gasteiger partial charge on any atom is 0.120 e. The summed E-state index contributed by atoms with van der Waals surface area (Å²) in [6, 6.07) is 24.3. The quantitative estimate of drug-likeness (QED) is 0.693. The summed E-state index contributed by atoms with van der Waals surface area (Å²) in [7, 11) is 0. The molecule has 0 unspecified atom stereocenters. The number of benzene rings is 2. The van der Waals surface area contributed by atoms with Gasteiger partial charge in [0.2, 0.25) is 0 Å². The third-order valence-corrected chi connectivity index (χ3v) is 3.51. The number of aromatic nitrogens is 1. The molecule has 0 bridgehead atoms. The Hall–Kier alpha value is -2.36. The van der Waals surface area contributed by atoms with Gasteiger partial charge in [-0.25, -0.2) is 0 Å². The molecule has 124 valence electrons. The predicted molar refractivity (Wildman–Crippen MR) is 99.2 cm³/mol. The van der Waals surface area contributed by atoms with E-state index in [4.69, 9.17) is 4.74 Å². The first-order valence-electron chi connectivity index (χ1n) is 7.76. The monoisotopic (exact) mass is 340 g/mol. The molecular weight excluding hydrogens is 320 g/mol. The minimum Gasteiger partial charge on any atom is -0.489 e. The van der Waals surface area contributed by atoms with Gasteiger partial charge >= 0.3 is 0 Å². The van der Waals surface area contributed by atoms with E-state index in [2.05, 4.69) is 34.6 Å². The zero-order valence-corrected chi connectivity index (χ0v) is 14.2. The molecule has 1 aromatic heterocycles. The summed E-state index contributed by atoms with van der Waals surface area (Å²) in [5.74, 6) is 0.894. The van der Waals surface area contributed by atoms with Crippen molar-refractivity contribution in [1.29, 1.82) is 0 Å². The second-order valence-corrected chi connectivity index (χ2v) is 5.35. The molecule has 3 rings (SSSR count). The van der Waals surface area contributed by atoms with Gasteiger partial charge in [0.05, 0.1) is 5.69 Å². The number of nitrogens with one attached hydrogen (secondary N) is 1. The van der Waals surface area contributed by atoms with Crippen LogP contribution < -0.4 is 10.1 Å². The highest BCUT2D eigenvalue weighted by molar-refractivity contribution is 5.85. The van der Waals surface area contributed by atoms with Gasteiger partial charge in [0.25, 0.3) is 0 Å². The lowest BCUT2D eigenvalue weighted by Crippen LogP contribution is -2.13. The maximum atomic E-state index is 5.86. The van der Waals surface area contributed by atoms with Crippen LogP contribution in [-0.4, -0.2) is 4.98 Å². The molecule has 2 aromatic carbocycles. The van der Waals surface area contributed by atoms with Crippen LogP contribution in [0.4, 0.5) is 0 Å². The number of rotatable bonds is 7. The molecule has 0 amide bonds. The molecule has 0 aliphatic carbocycles. The van der Waals surface area contributed by atoms with Crippen LogP contribution in [0.25, 0.3) is 0 Å². The van der Waals surface area contributed by atoms with E-state index in [9.17, 15) is 0 Å². The van der Waals surface area contributed by atoms with Crippen molar-refractivity contribution in [2.75, 3.05) is 0 Å². The molecular formula is C20H21ClN2O. The summed E-state index contributed by atoms with van der Waals surface area (Å²) in [5.41, 5.74) is 3.42. The van der Waals surface area contributed by atoms with Gasteiger partial charge in [-0.15, -0.1) is 12.4 Å². The van der Waals surface area contributed by atoms with Crippen molar-refractivity contribution in [3.63, 3.8) is 0 Å². The van der Waals surface area contributed by atoms with Crippen molar-refractivity contribution in [3.8, 4) is 5.75 Å². The Bertz CT molecular complexity index is 720. The molecule has 1 N–H and O–H groups in total. The molecule has 0 fully saturated rings. The molecule has 4 heteroatoms. The van der Waals surface area contributed by atoms with Crippen LogP contribution in [0.1, 0.15) is 16.8 Å². The van der Waals surface area contributed by atoms with E-state index in [0.29, 0.717) is 6.61 Å². The number of ether oxygens (including phenoxy) is 1. The molecule has 3 nitrogen and oxygen atoms in total. The Labute approximate surface area is 149 Å². The standard InChI is InChI=1S/C20H20N2O.ClH/c1-2-7-17(8-3-1)16-23-20-11-6-9-18(13-20)14-21-15-19-10-4-5-12-22-19;/h1-13,21H,14-16H2;1H. The van der Waals surface area contributed by atoms with Crippen molar-refractivity contribution in [2.45, 2.75) is 19.7 Å². The summed E-state index contributed by atoms with van der Waals surface area (Å²) in [5, 5.41) is 3.40. The van der Waals surface area contributed by atoms with Gasteiger partial charge in [0, 0.05) is 19.3 Å². The van der Waals surface area contributed by atoms with Gasteiger partial charge in [0.1, 0.15) is 12.4 Å². The molecule has 24 heavy (non-hydrogen) atoms. The van der Waals surface area contributed by atoms with Crippen LogP contribution in [0.2, 0.25) is 0 Å². The topological polar surface area (TPSA) is 34.1 Å². The van der Waals surface area contributed by atoms with Crippen molar-refractivity contribution < 1.29 is 4.74 Å².